The van der Waals surface area contributed by atoms with Crippen LogP contribution in [0.1, 0.15) is 51.4 Å². The zero-order valence-electron chi connectivity index (χ0n) is 10.3. The Morgan fingerprint density at radius 1 is 1.06 bits per heavy atom. The Morgan fingerprint density at radius 3 is 2.00 bits per heavy atom. The lowest BCUT2D eigenvalue weighted by molar-refractivity contribution is -0.0523. The summed E-state index contributed by atoms with van der Waals surface area (Å²) in [7, 11) is 0. The average molecular weight is 236 g/mol. The van der Waals surface area contributed by atoms with Gasteiger partial charge in [-0.15, -0.1) is 0 Å². The van der Waals surface area contributed by atoms with Crippen LogP contribution >= 0.6 is 12.6 Å². The van der Waals surface area contributed by atoms with Crippen LogP contribution in [-0.2, 0) is 0 Å². The van der Waals surface area contributed by atoms with Crippen molar-refractivity contribution in [3.05, 3.63) is 12.2 Å². The summed E-state index contributed by atoms with van der Waals surface area (Å²) in [4.78, 5) is 0. The summed E-state index contributed by atoms with van der Waals surface area (Å²) in [5.41, 5.74) is 2.16. The second-order valence-electron chi connectivity index (χ2n) is 6.82. The van der Waals surface area contributed by atoms with Gasteiger partial charge in [-0.1, -0.05) is 12.2 Å². The second kappa shape index (κ2) is 4.08. The second-order valence-corrected chi connectivity index (χ2v) is 7.27. The zero-order chi connectivity index (χ0) is 11.2. The van der Waals surface area contributed by atoms with Gasteiger partial charge in [-0.25, -0.2) is 0 Å². The monoisotopic (exact) mass is 236 g/mol. The van der Waals surface area contributed by atoms with Crippen molar-refractivity contribution in [2.75, 3.05) is 5.75 Å². The average Bonchev–Trinajstić information content (AvgIpc) is 2.13. The topological polar surface area (TPSA) is 0 Å². The van der Waals surface area contributed by atoms with Crippen molar-refractivity contribution in [1.29, 1.82) is 0 Å². The molecule has 4 fully saturated rings. The molecule has 0 spiro atoms. The molecule has 0 aliphatic heterocycles. The highest BCUT2D eigenvalue weighted by Gasteiger charge is 2.50. The molecule has 0 aromatic heterocycles. The minimum atomic E-state index is 0.689. The molecule has 1 heteroatoms. The van der Waals surface area contributed by atoms with Crippen LogP contribution in [0.2, 0.25) is 0 Å². The fraction of sp³-hybridized carbons (Fsp3) is 0.867. The molecule has 4 saturated carbocycles. The molecule has 0 aromatic rings. The third kappa shape index (κ3) is 1.96. The summed E-state index contributed by atoms with van der Waals surface area (Å²) in [5.74, 6) is 4.21. The minimum absolute atomic E-state index is 0.689. The van der Waals surface area contributed by atoms with Gasteiger partial charge in [0.05, 0.1) is 0 Å². The van der Waals surface area contributed by atoms with Crippen LogP contribution in [0.15, 0.2) is 12.2 Å². The molecule has 0 nitrogen and oxygen atoms in total. The lowest BCUT2D eigenvalue weighted by atomic mass is 9.48. The van der Waals surface area contributed by atoms with Crippen molar-refractivity contribution in [2.45, 2.75) is 51.4 Å². The molecule has 0 aromatic carbocycles. The lowest BCUT2D eigenvalue weighted by Gasteiger charge is -2.57. The Balaban J connectivity index is 1.71. The normalized spacial score (nSPS) is 44.9. The number of rotatable bonds is 4. The molecule has 16 heavy (non-hydrogen) atoms. The molecule has 90 valence electrons. The first-order valence-corrected chi connectivity index (χ1v) is 7.60. The summed E-state index contributed by atoms with van der Waals surface area (Å²) in [6, 6.07) is 0. The standard InChI is InChI=1S/C15H24S/c1-11(2-3-16)7-15-8-12-4-13(9-15)6-14(5-12)10-15/h12-14,16H,1-10H2. The van der Waals surface area contributed by atoms with Crippen LogP contribution in [0.25, 0.3) is 0 Å². The maximum Gasteiger partial charge on any atom is -0.00607 e. The van der Waals surface area contributed by atoms with Gasteiger partial charge in [0, 0.05) is 0 Å². The third-order valence-corrected chi connectivity index (χ3v) is 5.48. The van der Waals surface area contributed by atoms with E-state index in [1.807, 2.05) is 0 Å². The van der Waals surface area contributed by atoms with Gasteiger partial charge in [-0.3, -0.25) is 0 Å². The van der Waals surface area contributed by atoms with E-state index in [1.54, 1.807) is 19.3 Å². The van der Waals surface area contributed by atoms with Crippen molar-refractivity contribution in [1.82, 2.24) is 0 Å². The molecule has 4 rings (SSSR count). The number of hydrogen-bond donors (Lipinski definition) is 1. The fourth-order valence-electron chi connectivity index (χ4n) is 5.28. The Morgan fingerprint density at radius 2 is 1.56 bits per heavy atom. The first-order valence-electron chi connectivity index (χ1n) is 6.97. The minimum Gasteiger partial charge on any atom is -0.179 e. The van der Waals surface area contributed by atoms with E-state index in [9.17, 15) is 0 Å². The maximum atomic E-state index is 4.33. The van der Waals surface area contributed by atoms with Crippen LogP contribution in [-0.4, -0.2) is 5.75 Å². The van der Waals surface area contributed by atoms with Crippen molar-refractivity contribution in [2.24, 2.45) is 23.2 Å². The smallest absolute Gasteiger partial charge is 0.00607 e. The Kier molecular flexibility index (Phi) is 2.86. The molecule has 4 aliphatic carbocycles. The van der Waals surface area contributed by atoms with Crippen LogP contribution in [0, 0.1) is 23.2 Å². The molecule has 0 saturated heterocycles. The zero-order valence-corrected chi connectivity index (χ0v) is 11.1. The van der Waals surface area contributed by atoms with Gasteiger partial charge in [0.1, 0.15) is 0 Å². The summed E-state index contributed by atoms with van der Waals surface area (Å²) in [5, 5.41) is 0. The maximum absolute atomic E-state index is 4.33. The number of hydrogen-bond acceptors (Lipinski definition) is 1. The summed E-state index contributed by atoms with van der Waals surface area (Å²) in [6.45, 7) is 4.27. The van der Waals surface area contributed by atoms with E-state index >= 15 is 0 Å². The van der Waals surface area contributed by atoms with Crippen molar-refractivity contribution in [3.63, 3.8) is 0 Å². The molecule has 0 radical (unpaired) electrons. The molecular formula is C15H24S. The van der Waals surface area contributed by atoms with Gasteiger partial charge in [0.15, 0.2) is 0 Å². The molecule has 0 unspecified atom stereocenters. The molecule has 4 bridgehead atoms. The van der Waals surface area contributed by atoms with E-state index in [0.29, 0.717) is 5.41 Å². The lowest BCUT2D eigenvalue weighted by Crippen LogP contribution is -2.46. The third-order valence-electron chi connectivity index (χ3n) is 5.26. The summed E-state index contributed by atoms with van der Waals surface area (Å²) < 4.78 is 0. The predicted molar refractivity (Wildman–Crippen MR) is 72.8 cm³/mol. The van der Waals surface area contributed by atoms with Gasteiger partial charge < -0.3 is 0 Å². The fourth-order valence-corrected chi connectivity index (χ4v) is 5.60. The summed E-state index contributed by atoms with van der Waals surface area (Å²) >= 11 is 4.33. The highest BCUT2D eigenvalue weighted by atomic mass is 32.1. The molecular weight excluding hydrogens is 212 g/mol. The van der Waals surface area contributed by atoms with Gasteiger partial charge >= 0.3 is 0 Å². The summed E-state index contributed by atoms with van der Waals surface area (Å²) in [6.07, 6.45) is 11.7. The molecule has 0 atom stereocenters. The van der Waals surface area contributed by atoms with E-state index in [4.69, 9.17) is 0 Å². The van der Waals surface area contributed by atoms with E-state index in [-0.39, 0.29) is 0 Å². The molecule has 4 aliphatic rings. The van der Waals surface area contributed by atoms with Gasteiger partial charge in [0.2, 0.25) is 0 Å². The van der Waals surface area contributed by atoms with Gasteiger partial charge in [-0.05, 0) is 80.3 Å². The van der Waals surface area contributed by atoms with E-state index in [1.165, 1.54) is 31.3 Å². The van der Waals surface area contributed by atoms with E-state index in [2.05, 4.69) is 19.2 Å². The van der Waals surface area contributed by atoms with Gasteiger partial charge in [0.25, 0.3) is 0 Å². The SMILES string of the molecule is C=C(CCS)CC12CC3CC(CC(C3)C1)C2. The number of thiol groups is 1. The van der Waals surface area contributed by atoms with Crippen molar-refractivity contribution in [3.8, 4) is 0 Å². The van der Waals surface area contributed by atoms with Crippen LogP contribution in [0.3, 0.4) is 0 Å². The highest BCUT2D eigenvalue weighted by molar-refractivity contribution is 7.80. The molecule has 0 amide bonds. The van der Waals surface area contributed by atoms with E-state index in [0.717, 1.165) is 29.9 Å². The first kappa shape index (κ1) is 11.2. The van der Waals surface area contributed by atoms with Crippen molar-refractivity contribution >= 4 is 12.6 Å². The van der Waals surface area contributed by atoms with Gasteiger partial charge in [-0.2, -0.15) is 12.6 Å². The highest BCUT2D eigenvalue weighted by Crippen LogP contribution is 2.62. The van der Waals surface area contributed by atoms with Crippen LogP contribution in [0.4, 0.5) is 0 Å². The largest absolute Gasteiger partial charge is 0.179 e. The predicted octanol–water partition coefficient (Wildman–Crippen LogP) is 4.47. The number of allylic oxidation sites excluding steroid dienone is 1. The van der Waals surface area contributed by atoms with Crippen molar-refractivity contribution < 1.29 is 0 Å². The molecule has 0 N–H and O–H groups in total. The quantitative estimate of drug-likeness (QED) is 0.540. The van der Waals surface area contributed by atoms with E-state index < -0.39 is 0 Å². The van der Waals surface area contributed by atoms with Crippen LogP contribution in [0.5, 0.6) is 0 Å². The Labute approximate surface area is 105 Å². The Bertz CT molecular complexity index is 257. The molecule has 0 heterocycles. The Hall–Kier alpha value is 0.0900. The van der Waals surface area contributed by atoms with Crippen LogP contribution < -0.4 is 0 Å². The first-order chi connectivity index (χ1) is 7.69.